The normalized spacial score (nSPS) is 11.0. The second-order valence-electron chi connectivity index (χ2n) is 10.6. The van der Waals surface area contributed by atoms with Crippen molar-refractivity contribution in [3.8, 4) is 11.5 Å². The number of carbonyl (C=O) groups excluding carboxylic acids is 3. The number of carbonyl (C=O) groups is 3. The molecule has 2 aromatic carbocycles. The first kappa shape index (κ1) is 39.7. The van der Waals surface area contributed by atoms with E-state index in [-0.39, 0.29) is 23.7 Å². The van der Waals surface area contributed by atoms with Crippen LogP contribution in [0.2, 0.25) is 0 Å². The first-order valence-electron chi connectivity index (χ1n) is 14.8. The first-order chi connectivity index (χ1) is 20.9. The molecule has 0 saturated heterocycles. The molecule has 0 radical (unpaired) electrons. The second kappa shape index (κ2) is 23.2. The van der Waals surface area contributed by atoms with Crippen molar-refractivity contribution >= 4 is 18.5 Å². The number of nitrogens with one attached hydrogen (secondary N) is 2. The lowest BCUT2D eigenvalue weighted by molar-refractivity contribution is -0.129. The summed E-state index contributed by atoms with van der Waals surface area (Å²) in [6, 6.07) is 15.4. The van der Waals surface area contributed by atoms with E-state index in [0.717, 1.165) is 36.0 Å². The molecular weight excluding hydrogens is 560 g/mol. The van der Waals surface area contributed by atoms with E-state index < -0.39 is 0 Å². The van der Waals surface area contributed by atoms with E-state index in [0.29, 0.717) is 37.5 Å². The topological polar surface area (TPSA) is 112 Å². The lowest BCUT2D eigenvalue weighted by Crippen LogP contribution is -2.30. The summed E-state index contributed by atoms with van der Waals surface area (Å²) in [6.45, 7) is 16.9. The van der Waals surface area contributed by atoms with Crippen molar-refractivity contribution < 1.29 is 33.3 Å². The predicted octanol–water partition coefficient (Wildman–Crippen LogP) is 6.94. The van der Waals surface area contributed by atoms with Gasteiger partial charge in [0.25, 0.3) is 6.47 Å². The number of benzene rings is 2. The maximum absolute atomic E-state index is 11.7. The quantitative estimate of drug-likeness (QED) is 0.175. The standard InChI is InChI=1S/C21H31NO3.C8H8O2.C6H13NO2/c1-6-8-9-10-21(23)22-14-13-18-11-12-19(24-5)20(15-18)25-17(4)16(3)7-2;9-7-10-6-8-4-2-1-3-5-8;1-6(2,3)9-5(8)7-4/h6,8,11-12,15,17H,3,7,9-10,13-14H2,1-2,4-5H3,(H,22,23);1-5,7H,6H2;1-4H3,(H,7,8)/b8-6+;;. The number of allylic oxidation sites excluding steroid dienone is 2. The van der Waals surface area contributed by atoms with Crippen molar-refractivity contribution in [1.29, 1.82) is 0 Å². The van der Waals surface area contributed by atoms with E-state index in [2.05, 4.69) is 28.9 Å². The molecule has 2 aromatic rings. The highest BCUT2D eigenvalue weighted by Crippen LogP contribution is 2.30. The maximum atomic E-state index is 11.7. The molecular formula is C35H52N2O7. The molecule has 44 heavy (non-hydrogen) atoms. The second-order valence-corrected chi connectivity index (χ2v) is 10.6. The summed E-state index contributed by atoms with van der Waals surface area (Å²) in [7, 11) is 3.17. The highest BCUT2D eigenvalue weighted by molar-refractivity contribution is 5.76. The molecule has 0 heterocycles. The van der Waals surface area contributed by atoms with Crippen molar-refractivity contribution in [2.75, 3.05) is 20.7 Å². The van der Waals surface area contributed by atoms with Crippen molar-refractivity contribution in [1.82, 2.24) is 10.6 Å². The van der Waals surface area contributed by atoms with Gasteiger partial charge < -0.3 is 29.6 Å². The molecule has 0 aromatic heterocycles. The summed E-state index contributed by atoms with van der Waals surface area (Å²) in [5, 5.41) is 5.31. The van der Waals surface area contributed by atoms with Gasteiger partial charge in [0.05, 0.1) is 7.11 Å². The molecule has 0 fully saturated rings. The number of hydrogen-bond donors (Lipinski definition) is 2. The molecule has 0 aliphatic carbocycles. The Labute approximate surface area is 264 Å². The van der Waals surface area contributed by atoms with Crippen LogP contribution in [0.1, 0.15) is 71.9 Å². The van der Waals surface area contributed by atoms with Gasteiger partial charge in [-0.3, -0.25) is 9.59 Å². The zero-order valence-corrected chi connectivity index (χ0v) is 27.7. The number of amides is 2. The van der Waals surface area contributed by atoms with Gasteiger partial charge in [0.15, 0.2) is 11.5 Å². The highest BCUT2D eigenvalue weighted by Gasteiger charge is 2.14. The summed E-state index contributed by atoms with van der Waals surface area (Å²) in [5.41, 5.74) is 2.76. The number of methoxy groups -OCH3 is 1. The van der Waals surface area contributed by atoms with Crippen LogP contribution in [0, 0.1) is 0 Å². The van der Waals surface area contributed by atoms with Crippen LogP contribution >= 0.6 is 0 Å². The zero-order chi connectivity index (χ0) is 33.4. The van der Waals surface area contributed by atoms with Crippen LogP contribution in [-0.4, -0.2) is 50.9 Å². The van der Waals surface area contributed by atoms with E-state index in [1.165, 1.54) is 7.05 Å². The third kappa shape index (κ3) is 19.8. The van der Waals surface area contributed by atoms with Gasteiger partial charge in [0, 0.05) is 20.0 Å². The predicted molar refractivity (Wildman–Crippen MR) is 176 cm³/mol. The number of ether oxygens (including phenoxy) is 4. The molecule has 0 saturated carbocycles. The Morgan fingerprint density at radius 2 is 1.73 bits per heavy atom. The molecule has 244 valence electrons. The lowest BCUT2D eigenvalue weighted by Gasteiger charge is -2.19. The number of hydrogen-bond acceptors (Lipinski definition) is 7. The van der Waals surface area contributed by atoms with Gasteiger partial charge in [-0.05, 0) is 82.7 Å². The summed E-state index contributed by atoms with van der Waals surface area (Å²) in [4.78, 5) is 32.0. The molecule has 9 heteroatoms. The minimum atomic E-state index is -0.389. The Morgan fingerprint density at radius 3 is 2.25 bits per heavy atom. The molecule has 0 spiro atoms. The molecule has 1 unspecified atom stereocenters. The first-order valence-corrected chi connectivity index (χ1v) is 14.8. The van der Waals surface area contributed by atoms with Crippen LogP contribution in [0.5, 0.6) is 11.5 Å². The molecule has 0 aliphatic rings. The Kier molecular flexibility index (Phi) is 21.0. The van der Waals surface area contributed by atoms with Crippen molar-refractivity contribution in [3.05, 3.63) is 84.0 Å². The Hall–Kier alpha value is -4.27. The van der Waals surface area contributed by atoms with Gasteiger partial charge >= 0.3 is 6.09 Å². The molecule has 2 N–H and O–H groups in total. The van der Waals surface area contributed by atoms with Gasteiger partial charge in [-0.1, -0.05) is 62.1 Å². The van der Waals surface area contributed by atoms with Crippen LogP contribution in [0.3, 0.4) is 0 Å². The van der Waals surface area contributed by atoms with Crippen LogP contribution in [0.15, 0.2) is 72.8 Å². The zero-order valence-electron chi connectivity index (χ0n) is 27.7. The fraction of sp³-hybridized carbons (Fsp3) is 0.457. The Bertz CT molecular complexity index is 1140. The fourth-order valence-corrected chi connectivity index (χ4v) is 3.38. The molecule has 0 bridgehead atoms. The average molecular weight is 613 g/mol. The van der Waals surface area contributed by atoms with Crippen LogP contribution in [0.4, 0.5) is 4.79 Å². The van der Waals surface area contributed by atoms with Gasteiger partial charge in [0.2, 0.25) is 5.91 Å². The third-order valence-electron chi connectivity index (χ3n) is 5.83. The van der Waals surface area contributed by atoms with Gasteiger partial charge in [0.1, 0.15) is 18.3 Å². The van der Waals surface area contributed by atoms with Crippen LogP contribution in [0.25, 0.3) is 0 Å². The monoisotopic (exact) mass is 612 g/mol. The summed E-state index contributed by atoms with van der Waals surface area (Å²) < 4.78 is 20.8. The molecule has 0 aliphatic heterocycles. The van der Waals surface area contributed by atoms with Gasteiger partial charge in [-0.25, -0.2) is 4.79 Å². The van der Waals surface area contributed by atoms with E-state index >= 15 is 0 Å². The van der Waals surface area contributed by atoms with E-state index in [1.807, 2.05) is 95.3 Å². The Morgan fingerprint density at radius 1 is 1.05 bits per heavy atom. The van der Waals surface area contributed by atoms with E-state index in [1.54, 1.807) is 7.11 Å². The largest absolute Gasteiger partial charge is 0.493 e. The maximum Gasteiger partial charge on any atom is 0.407 e. The van der Waals surface area contributed by atoms with Gasteiger partial charge in [-0.15, -0.1) is 0 Å². The van der Waals surface area contributed by atoms with Crippen LogP contribution < -0.4 is 20.1 Å². The van der Waals surface area contributed by atoms with Crippen molar-refractivity contribution in [3.63, 3.8) is 0 Å². The summed E-state index contributed by atoms with van der Waals surface area (Å²) >= 11 is 0. The average Bonchev–Trinajstić information content (AvgIpc) is 3.00. The summed E-state index contributed by atoms with van der Waals surface area (Å²) in [6.07, 6.45) is 6.43. The minimum Gasteiger partial charge on any atom is -0.493 e. The Balaban J connectivity index is 0.000000791. The van der Waals surface area contributed by atoms with Crippen molar-refractivity contribution in [2.45, 2.75) is 85.5 Å². The SMILES string of the molecule is C=C(CC)C(C)Oc1cc(CCNC(=O)CC/C=C/C)ccc1OC.CNC(=O)OC(C)(C)C.O=COCc1ccccc1. The highest BCUT2D eigenvalue weighted by atomic mass is 16.6. The van der Waals surface area contributed by atoms with Crippen LogP contribution in [-0.2, 0) is 32.1 Å². The molecule has 2 rings (SSSR count). The minimum absolute atomic E-state index is 0.0690. The van der Waals surface area contributed by atoms with E-state index in [9.17, 15) is 14.4 Å². The van der Waals surface area contributed by atoms with E-state index in [4.69, 9.17) is 14.2 Å². The molecule has 2 amide bonds. The van der Waals surface area contributed by atoms with Crippen molar-refractivity contribution in [2.24, 2.45) is 0 Å². The fourth-order valence-electron chi connectivity index (χ4n) is 3.38. The third-order valence-corrected chi connectivity index (χ3v) is 5.83. The lowest BCUT2D eigenvalue weighted by atomic mass is 10.1. The number of alkyl carbamates (subject to hydrolysis) is 1. The summed E-state index contributed by atoms with van der Waals surface area (Å²) in [5.74, 6) is 1.49. The van der Waals surface area contributed by atoms with Gasteiger partial charge in [-0.2, -0.15) is 0 Å². The molecule has 9 nitrogen and oxygen atoms in total. The smallest absolute Gasteiger partial charge is 0.407 e. The molecule has 1 atom stereocenters. The number of rotatable bonds is 14.